The lowest BCUT2D eigenvalue weighted by molar-refractivity contribution is 0.605. The Hall–Kier alpha value is -1.29. The van der Waals surface area contributed by atoms with Crippen LogP contribution in [-0.4, -0.2) is 20.7 Å². The van der Waals surface area contributed by atoms with E-state index in [-0.39, 0.29) is 5.75 Å². The first kappa shape index (κ1) is 10.8. The zero-order valence-corrected chi connectivity index (χ0v) is 8.63. The molecule has 0 amide bonds. The van der Waals surface area contributed by atoms with Crippen molar-refractivity contribution in [2.45, 2.75) is 0 Å². The third-order valence-corrected chi connectivity index (χ3v) is 3.02. The van der Waals surface area contributed by atoms with Gasteiger partial charge < -0.3 is 5.32 Å². The van der Waals surface area contributed by atoms with Gasteiger partial charge in [0.05, 0.1) is 5.75 Å². The number of hydrogen-bond acceptors (Lipinski definition) is 3. The van der Waals surface area contributed by atoms with Gasteiger partial charge in [-0.15, -0.1) is 0 Å². The standard InChI is InChI=1S/C10H13NO2S/c1-2-14(12,13)9-8-11-10-6-4-3-5-7-10/h2-7,11H,1,8-9H2. The van der Waals surface area contributed by atoms with E-state index in [0.717, 1.165) is 11.1 Å². The third kappa shape index (κ3) is 3.62. The Kier molecular flexibility index (Phi) is 3.71. The van der Waals surface area contributed by atoms with Crippen LogP contribution in [0.25, 0.3) is 0 Å². The van der Waals surface area contributed by atoms with E-state index in [0.29, 0.717) is 6.54 Å². The van der Waals surface area contributed by atoms with Crippen LogP contribution in [0.15, 0.2) is 42.3 Å². The minimum absolute atomic E-state index is 0.0748. The molecule has 0 bridgehead atoms. The summed E-state index contributed by atoms with van der Waals surface area (Å²) in [6, 6.07) is 9.47. The first-order valence-corrected chi connectivity index (χ1v) is 6.00. The van der Waals surface area contributed by atoms with Gasteiger partial charge in [0.2, 0.25) is 0 Å². The van der Waals surface area contributed by atoms with Crippen molar-refractivity contribution >= 4 is 15.5 Å². The molecule has 0 aliphatic heterocycles. The Morgan fingerprint density at radius 3 is 2.50 bits per heavy atom. The number of hydrogen-bond donors (Lipinski definition) is 1. The van der Waals surface area contributed by atoms with E-state index in [4.69, 9.17) is 0 Å². The largest absolute Gasteiger partial charge is 0.384 e. The van der Waals surface area contributed by atoms with E-state index in [2.05, 4.69) is 11.9 Å². The average molecular weight is 211 g/mol. The average Bonchev–Trinajstić information content (AvgIpc) is 2.19. The van der Waals surface area contributed by atoms with Crippen molar-refractivity contribution in [2.75, 3.05) is 17.6 Å². The van der Waals surface area contributed by atoms with Gasteiger partial charge in [0.15, 0.2) is 9.84 Å². The lowest BCUT2D eigenvalue weighted by atomic mass is 10.3. The molecular formula is C10H13NO2S. The molecule has 0 fully saturated rings. The molecule has 0 aromatic heterocycles. The van der Waals surface area contributed by atoms with Crippen molar-refractivity contribution in [1.82, 2.24) is 0 Å². The normalized spacial score (nSPS) is 10.9. The summed E-state index contributed by atoms with van der Waals surface area (Å²) in [5.41, 5.74) is 0.923. The van der Waals surface area contributed by atoms with Gasteiger partial charge in [0.1, 0.15) is 0 Å². The molecule has 0 radical (unpaired) electrons. The zero-order valence-electron chi connectivity index (χ0n) is 7.81. The summed E-state index contributed by atoms with van der Waals surface area (Å²) in [4.78, 5) is 0. The van der Waals surface area contributed by atoms with Crippen LogP contribution < -0.4 is 5.32 Å². The van der Waals surface area contributed by atoms with Crippen LogP contribution in [-0.2, 0) is 9.84 Å². The maximum Gasteiger partial charge on any atom is 0.172 e. The second kappa shape index (κ2) is 4.81. The highest BCUT2D eigenvalue weighted by Crippen LogP contribution is 2.04. The Morgan fingerprint density at radius 1 is 1.29 bits per heavy atom. The number of rotatable bonds is 5. The molecule has 14 heavy (non-hydrogen) atoms. The van der Waals surface area contributed by atoms with E-state index in [1.54, 1.807) is 0 Å². The topological polar surface area (TPSA) is 46.2 Å². The fourth-order valence-electron chi connectivity index (χ4n) is 0.977. The van der Waals surface area contributed by atoms with E-state index in [1.807, 2.05) is 30.3 Å². The summed E-state index contributed by atoms with van der Waals surface area (Å²) >= 11 is 0. The van der Waals surface area contributed by atoms with Crippen LogP contribution in [0.4, 0.5) is 5.69 Å². The summed E-state index contributed by atoms with van der Waals surface area (Å²) in [5, 5.41) is 3.99. The lowest BCUT2D eigenvalue weighted by Crippen LogP contribution is -2.13. The highest BCUT2D eigenvalue weighted by Gasteiger charge is 2.03. The van der Waals surface area contributed by atoms with Crippen molar-refractivity contribution < 1.29 is 8.42 Å². The molecule has 1 N–H and O–H groups in total. The van der Waals surface area contributed by atoms with E-state index >= 15 is 0 Å². The SMILES string of the molecule is C=CS(=O)(=O)CCNc1ccccc1. The number of anilines is 1. The molecule has 0 saturated carbocycles. The van der Waals surface area contributed by atoms with Crippen LogP contribution in [0.5, 0.6) is 0 Å². The molecule has 1 aromatic carbocycles. The minimum atomic E-state index is -3.09. The predicted octanol–water partition coefficient (Wildman–Crippen LogP) is 1.66. The van der Waals surface area contributed by atoms with Crippen LogP contribution in [0.2, 0.25) is 0 Å². The predicted molar refractivity (Wildman–Crippen MR) is 58.9 cm³/mol. The molecule has 0 aliphatic carbocycles. The Labute approximate surface area is 84.4 Å². The summed E-state index contributed by atoms with van der Waals surface area (Å²) in [6.07, 6.45) is 0. The molecule has 1 rings (SSSR count). The van der Waals surface area contributed by atoms with Crippen molar-refractivity contribution in [3.63, 3.8) is 0 Å². The maximum absolute atomic E-state index is 11.0. The summed E-state index contributed by atoms with van der Waals surface area (Å²) in [6.45, 7) is 3.64. The third-order valence-electron chi connectivity index (χ3n) is 1.74. The fraction of sp³-hybridized carbons (Fsp3) is 0.200. The summed E-state index contributed by atoms with van der Waals surface area (Å²) in [5.74, 6) is 0.0748. The second-order valence-corrected chi connectivity index (χ2v) is 4.89. The van der Waals surface area contributed by atoms with Gasteiger partial charge in [0, 0.05) is 17.6 Å². The van der Waals surface area contributed by atoms with Gasteiger partial charge in [-0.25, -0.2) is 8.42 Å². The monoisotopic (exact) mass is 211 g/mol. The molecule has 0 aliphatic rings. The van der Waals surface area contributed by atoms with Crippen molar-refractivity contribution in [1.29, 1.82) is 0 Å². The molecule has 0 spiro atoms. The molecule has 76 valence electrons. The fourth-order valence-corrected chi connectivity index (χ4v) is 1.53. The molecule has 0 unspecified atom stereocenters. The Morgan fingerprint density at radius 2 is 1.93 bits per heavy atom. The molecular weight excluding hydrogens is 198 g/mol. The van der Waals surface area contributed by atoms with Gasteiger partial charge in [-0.05, 0) is 12.1 Å². The zero-order chi connectivity index (χ0) is 10.4. The molecule has 3 nitrogen and oxygen atoms in total. The molecule has 0 saturated heterocycles. The maximum atomic E-state index is 11.0. The van der Waals surface area contributed by atoms with E-state index < -0.39 is 9.84 Å². The van der Waals surface area contributed by atoms with Crippen molar-refractivity contribution in [3.8, 4) is 0 Å². The summed E-state index contributed by atoms with van der Waals surface area (Å²) < 4.78 is 22.1. The number of sulfone groups is 1. The van der Waals surface area contributed by atoms with Crippen LogP contribution in [0.3, 0.4) is 0 Å². The summed E-state index contributed by atoms with van der Waals surface area (Å²) in [7, 11) is -3.09. The van der Waals surface area contributed by atoms with Gasteiger partial charge in [-0.1, -0.05) is 24.8 Å². The van der Waals surface area contributed by atoms with Gasteiger partial charge in [-0.3, -0.25) is 0 Å². The molecule has 0 heterocycles. The Balaban J connectivity index is 2.40. The van der Waals surface area contributed by atoms with Crippen LogP contribution >= 0.6 is 0 Å². The number of benzene rings is 1. The highest BCUT2D eigenvalue weighted by molar-refractivity contribution is 7.94. The molecule has 0 atom stereocenters. The van der Waals surface area contributed by atoms with E-state index in [9.17, 15) is 8.42 Å². The smallest absolute Gasteiger partial charge is 0.172 e. The highest BCUT2D eigenvalue weighted by atomic mass is 32.2. The number of para-hydroxylation sites is 1. The first-order valence-electron chi connectivity index (χ1n) is 4.28. The van der Waals surface area contributed by atoms with E-state index in [1.165, 1.54) is 0 Å². The molecule has 4 heteroatoms. The van der Waals surface area contributed by atoms with Crippen molar-refractivity contribution in [2.24, 2.45) is 0 Å². The first-order chi connectivity index (χ1) is 6.64. The minimum Gasteiger partial charge on any atom is -0.384 e. The van der Waals surface area contributed by atoms with Gasteiger partial charge in [-0.2, -0.15) is 0 Å². The Bertz CT molecular complexity index is 384. The van der Waals surface area contributed by atoms with Crippen LogP contribution in [0, 0.1) is 0 Å². The molecule has 1 aromatic rings. The van der Waals surface area contributed by atoms with Crippen molar-refractivity contribution in [3.05, 3.63) is 42.3 Å². The van der Waals surface area contributed by atoms with Gasteiger partial charge >= 0.3 is 0 Å². The van der Waals surface area contributed by atoms with Crippen LogP contribution in [0.1, 0.15) is 0 Å². The lowest BCUT2D eigenvalue weighted by Gasteiger charge is -2.04. The quantitative estimate of drug-likeness (QED) is 0.805. The number of nitrogens with one attached hydrogen (secondary N) is 1. The van der Waals surface area contributed by atoms with Gasteiger partial charge in [0.25, 0.3) is 0 Å². The second-order valence-electron chi connectivity index (χ2n) is 2.83.